The molecule has 0 aliphatic rings. The molecule has 0 bridgehead atoms. The molecule has 1 atom stereocenters. The van der Waals surface area contributed by atoms with Gasteiger partial charge in [-0.2, -0.15) is 0 Å². The number of aryl methyl sites for hydroxylation is 2. The normalized spacial score (nSPS) is 12.0. The highest BCUT2D eigenvalue weighted by Gasteiger charge is 2.15. The molecule has 0 saturated carbocycles. The molecule has 0 spiro atoms. The average molecular weight is 288 g/mol. The van der Waals surface area contributed by atoms with Crippen molar-refractivity contribution >= 4 is 5.69 Å². The molecule has 21 heavy (non-hydrogen) atoms. The van der Waals surface area contributed by atoms with Gasteiger partial charge in [0.1, 0.15) is 11.6 Å². The van der Waals surface area contributed by atoms with Gasteiger partial charge in [-0.15, -0.1) is 0 Å². The lowest BCUT2D eigenvalue weighted by Crippen LogP contribution is -2.22. The van der Waals surface area contributed by atoms with Crippen LogP contribution in [-0.4, -0.2) is 13.7 Å². The third kappa shape index (κ3) is 3.52. The van der Waals surface area contributed by atoms with E-state index in [2.05, 4.69) is 23.5 Å². The summed E-state index contributed by atoms with van der Waals surface area (Å²) in [5.74, 6) is 0.287. The second-order valence-corrected chi connectivity index (χ2v) is 5.14. The Balaban J connectivity index is 2.33. The summed E-state index contributed by atoms with van der Waals surface area (Å²) in [5, 5.41) is 3.18. The summed E-state index contributed by atoms with van der Waals surface area (Å²) in [6, 6.07) is 10.7. The molecule has 3 N–H and O–H groups in total. The number of hydrogen-bond donors (Lipinski definition) is 2. The fourth-order valence-corrected chi connectivity index (χ4v) is 2.33. The van der Waals surface area contributed by atoms with Crippen LogP contribution in [0.5, 0.6) is 5.75 Å². The third-order valence-electron chi connectivity index (χ3n) is 3.55. The zero-order valence-electron chi connectivity index (χ0n) is 12.6. The van der Waals surface area contributed by atoms with E-state index in [1.54, 1.807) is 19.2 Å². The first-order valence-corrected chi connectivity index (χ1v) is 6.92. The molecular weight excluding hydrogens is 267 g/mol. The predicted octanol–water partition coefficient (Wildman–Crippen LogP) is 3.56. The largest absolute Gasteiger partial charge is 0.497 e. The van der Waals surface area contributed by atoms with Gasteiger partial charge in [0.25, 0.3) is 0 Å². The number of nitrogens with one attached hydrogen (secondary N) is 1. The van der Waals surface area contributed by atoms with Gasteiger partial charge in [0.2, 0.25) is 0 Å². The van der Waals surface area contributed by atoms with E-state index in [0.29, 0.717) is 18.0 Å². The minimum Gasteiger partial charge on any atom is -0.497 e. The van der Waals surface area contributed by atoms with Crippen LogP contribution in [0.2, 0.25) is 0 Å². The van der Waals surface area contributed by atoms with E-state index >= 15 is 0 Å². The SMILES string of the molecule is COc1ccc(F)c(NC(CN)c2cc(C)ccc2C)c1. The zero-order chi connectivity index (χ0) is 15.4. The molecule has 2 aromatic carbocycles. The molecule has 0 fully saturated rings. The maximum atomic E-state index is 13.9. The first-order chi connectivity index (χ1) is 10.0. The Kier molecular flexibility index (Phi) is 4.81. The number of rotatable bonds is 5. The zero-order valence-corrected chi connectivity index (χ0v) is 12.6. The maximum Gasteiger partial charge on any atom is 0.146 e. The van der Waals surface area contributed by atoms with Crippen molar-refractivity contribution in [2.24, 2.45) is 5.73 Å². The maximum absolute atomic E-state index is 13.9. The highest BCUT2D eigenvalue weighted by atomic mass is 19.1. The Bertz CT molecular complexity index is 628. The van der Waals surface area contributed by atoms with Gasteiger partial charge in [-0.3, -0.25) is 0 Å². The first-order valence-electron chi connectivity index (χ1n) is 6.92. The van der Waals surface area contributed by atoms with Gasteiger partial charge in [0.05, 0.1) is 18.8 Å². The van der Waals surface area contributed by atoms with Crippen LogP contribution in [0, 0.1) is 19.7 Å². The smallest absolute Gasteiger partial charge is 0.146 e. The van der Waals surface area contributed by atoms with E-state index in [-0.39, 0.29) is 11.9 Å². The fraction of sp³-hybridized carbons (Fsp3) is 0.294. The quantitative estimate of drug-likeness (QED) is 0.884. The van der Waals surface area contributed by atoms with Crippen LogP contribution in [0.4, 0.5) is 10.1 Å². The predicted molar refractivity (Wildman–Crippen MR) is 84.3 cm³/mol. The van der Waals surface area contributed by atoms with Crippen LogP contribution in [0.1, 0.15) is 22.7 Å². The van der Waals surface area contributed by atoms with Gasteiger partial charge in [-0.05, 0) is 37.1 Å². The van der Waals surface area contributed by atoms with Crippen molar-refractivity contribution in [1.29, 1.82) is 0 Å². The average Bonchev–Trinajstić information content (AvgIpc) is 2.49. The van der Waals surface area contributed by atoms with Gasteiger partial charge in [-0.25, -0.2) is 4.39 Å². The Labute approximate surface area is 124 Å². The summed E-state index contributed by atoms with van der Waals surface area (Å²) >= 11 is 0. The van der Waals surface area contributed by atoms with Crippen LogP contribution < -0.4 is 15.8 Å². The Morgan fingerprint density at radius 2 is 1.95 bits per heavy atom. The van der Waals surface area contributed by atoms with Crippen molar-refractivity contribution in [3.05, 3.63) is 58.9 Å². The standard InChI is InChI=1S/C17H21FN2O/c1-11-4-5-12(2)14(8-11)17(10-19)20-16-9-13(21-3)6-7-15(16)18/h4-9,17,20H,10,19H2,1-3H3. The van der Waals surface area contributed by atoms with E-state index < -0.39 is 0 Å². The molecule has 0 aliphatic heterocycles. The minimum absolute atomic E-state index is 0.147. The summed E-state index contributed by atoms with van der Waals surface area (Å²) < 4.78 is 19.1. The van der Waals surface area contributed by atoms with Crippen LogP contribution >= 0.6 is 0 Å². The van der Waals surface area contributed by atoms with Crippen molar-refractivity contribution in [2.45, 2.75) is 19.9 Å². The highest BCUT2D eigenvalue weighted by Crippen LogP contribution is 2.27. The summed E-state index contributed by atoms with van der Waals surface area (Å²) in [6.07, 6.45) is 0. The van der Waals surface area contributed by atoms with Crippen molar-refractivity contribution in [3.63, 3.8) is 0 Å². The Morgan fingerprint density at radius 3 is 2.62 bits per heavy atom. The van der Waals surface area contributed by atoms with E-state index in [4.69, 9.17) is 10.5 Å². The Hall–Kier alpha value is -2.07. The van der Waals surface area contributed by atoms with Gasteiger partial charge in [0, 0.05) is 12.6 Å². The minimum atomic E-state index is -0.320. The lowest BCUT2D eigenvalue weighted by molar-refractivity contribution is 0.414. The van der Waals surface area contributed by atoms with E-state index in [9.17, 15) is 4.39 Å². The third-order valence-corrected chi connectivity index (χ3v) is 3.55. The molecule has 4 heteroatoms. The van der Waals surface area contributed by atoms with Crippen LogP contribution in [0.25, 0.3) is 0 Å². The summed E-state index contributed by atoms with van der Waals surface area (Å²) in [6.45, 7) is 4.44. The lowest BCUT2D eigenvalue weighted by Gasteiger charge is -2.21. The molecule has 2 aromatic rings. The van der Waals surface area contributed by atoms with Crippen LogP contribution in [0.15, 0.2) is 36.4 Å². The number of anilines is 1. The first kappa shape index (κ1) is 15.3. The van der Waals surface area contributed by atoms with Gasteiger partial charge in [0.15, 0.2) is 0 Å². The number of halogens is 1. The second kappa shape index (κ2) is 6.59. The number of nitrogens with two attached hydrogens (primary N) is 1. The molecule has 0 aliphatic carbocycles. The number of hydrogen-bond acceptors (Lipinski definition) is 3. The van der Waals surface area contributed by atoms with Crippen molar-refractivity contribution in [2.75, 3.05) is 19.0 Å². The van der Waals surface area contributed by atoms with Crippen LogP contribution in [0.3, 0.4) is 0 Å². The molecule has 0 radical (unpaired) electrons. The summed E-state index contributed by atoms with van der Waals surface area (Å²) in [5.41, 5.74) is 9.64. The number of ether oxygens (including phenoxy) is 1. The van der Waals surface area contributed by atoms with E-state index in [1.807, 2.05) is 13.8 Å². The molecule has 0 heterocycles. The molecule has 0 aromatic heterocycles. The van der Waals surface area contributed by atoms with Crippen LogP contribution in [-0.2, 0) is 0 Å². The highest BCUT2D eigenvalue weighted by molar-refractivity contribution is 5.52. The van der Waals surface area contributed by atoms with Crippen molar-refractivity contribution in [1.82, 2.24) is 0 Å². The number of benzene rings is 2. The van der Waals surface area contributed by atoms with Gasteiger partial charge >= 0.3 is 0 Å². The molecular formula is C17H21FN2O. The van der Waals surface area contributed by atoms with Gasteiger partial charge < -0.3 is 15.8 Å². The lowest BCUT2D eigenvalue weighted by atomic mass is 9.98. The number of methoxy groups -OCH3 is 1. The van der Waals surface area contributed by atoms with E-state index in [1.165, 1.54) is 6.07 Å². The molecule has 3 nitrogen and oxygen atoms in total. The fourth-order valence-electron chi connectivity index (χ4n) is 2.33. The Morgan fingerprint density at radius 1 is 1.19 bits per heavy atom. The van der Waals surface area contributed by atoms with Gasteiger partial charge in [-0.1, -0.05) is 23.8 Å². The molecule has 1 unspecified atom stereocenters. The molecule has 0 saturated heterocycles. The molecule has 2 rings (SSSR count). The van der Waals surface area contributed by atoms with E-state index in [0.717, 1.165) is 16.7 Å². The molecule has 112 valence electrons. The summed E-state index contributed by atoms with van der Waals surface area (Å²) in [4.78, 5) is 0. The van der Waals surface area contributed by atoms with Crippen molar-refractivity contribution in [3.8, 4) is 5.75 Å². The topological polar surface area (TPSA) is 47.3 Å². The molecule has 0 amide bonds. The second-order valence-electron chi connectivity index (χ2n) is 5.14. The summed E-state index contributed by atoms with van der Waals surface area (Å²) in [7, 11) is 1.56. The monoisotopic (exact) mass is 288 g/mol. The van der Waals surface area contributed by atoms with Crippen molar-refractivity contribution < 1.29 is 9.13 Å².